The van der Waals surface area contributed by atoms with Crippen LogP contribution in [-0.4, -0.2) is 17.3 Å². The van der Waals surface area contributed by atoms with E-state index in [9.17, 15) is 0 Å². The average Bonchev–Trinajstić information content (AvgIpc) is 1.89. The fraction of sp³-hybridized carbons (Fsp3) is 0.714. The number of nitrogens with zero attached hydrogens (tertiary/aromatic N) is 2. The summed E-state index contributed by atoms with van der Waals surface area (Å²) < 4.78 is 4.15. The predicted octanol–water partition coefficient (Wildman–Crippen LogP) is 2.16. The van der Waals surface area contributed by atoms with E-state index >= 15 is 0 Å². The summed E-state index contributed by atoms with van der Waals surface area (Å²) in [5.74, 6) is 0.582. The van der Waals surface area contributed by atoms with E-state index in [0.29, 0.717) is 5.92 Å². The van der Waals surface area contributed by atoms with Gasteiger partial charge in [-0.1, -0.05) is 13.8 Å². The standard InChI is InChI=1S/C7H12N2S/c1-6(2)7(3)4-8-5-9-10-7/h4-6H,1-3H3. The minimum absolute atomic E-state index is 0.106. The maximum atomic E-state index is 4.05. The van der Waals surface area contributed by atoms with Crippen LogP contribution < -0.4 is 0 Å². The van der Waals surface area contributed by atoms with E-state index in [0.717, 1.165) is 0 Å². The van der Waals surface area contributed by atoms with Crippen LogP contribution in [0.3, 0.4) is 0 Å². The monoisotopic (exact) mass is 156 g/mol. The molecule has 0 bridgehead atoms. The van der Waals surface area contributed by atoms with Gasteiger partial charge in [-0.05, 0) is 24.8 Å². The summed E-state index contributed by atoms with van der Waals surface area (Å²) in [6.45, 7) is 6.52. The quantitative estimate of drug-likeness (QED) is 0.534. The van der Waals surface area contributed by atoms with Gasteiger partial charge >= 0.3 is 0 Å². The minimum Gasteiger partial charge on any atom is -0.247 e. The van der Waals surface area contributed by atoms with Gasteiger partial charge in [-0.15, -0.1) is 0 Å². The average molecular weight is 156 g/mol. The predicted molar refractivity (Wildman–Crippen MR) is 47.8 cm³/mol. The Hall–Kier alpha value is -0.310. The summed E-state index contributed by atoms with van der Waals surface area (Å²) in [5.41, 5.74) is 0. The normalized spacial score (nSPS) is 31.6. The molecule has 1 unspecified atom stereocenters. The first kappa shape index (κ1) is 7.79. The number of rotatable bonds is 1. The molecule has 0 aromatic heterocycles. The highest BCUT2D eigenvalue weighted by atomic mass is 32.2. The molecule has 0 radical (unpaired) electrons. The molecule has 0 amide bonds. The Kier molecular flexibility index (Phi) is 2.14. The van der Waals surface area contributed by atoms with Crippen LogP contribution in [0.4, 0.5) is 0 Å². The molecule has 1 rings (SSSR count). The smallest absolute Gasteiger partial charge is 0.123 e. The van der Waals surface area contributed by atoms with Crippen molar-refractivity contribution in [3.05, 3.63) is 0 Å². The zero-order valence-electron chi connectivity index (χ0n) is 6.53. The highest BCUT2D eigenvalue weighted by Gasteiger charge is 2.28. The lowest BCUT2D eigenvalue weighted by molar-refractivity contribution is 0.581. The van der Waals surface area contributed by atoms with Gasteiger partial charge in [-0.2, -0.15) is 0 Å². The summed E-state index contributed by atoms with van der Waals surface area (Å²) >= 11 is 1.59. The van der Waals surface area contributed by atoms with Crippen LogP contribution in [0, 0.1) is 5.92 Å². The molecule has 1 aliphatic rings. The summed E-state index contributed by atoms with van der Waals surface area (Å²) in [7, 11) is 0. The van der Waals surface area contributed by atoms with Gasteiger partial charge < -0.3 is 0 Å². The maximum absolute atomic E-state index is 4.05. The van der Waals surface area contributed by atoms with Crippen molar-refractivity contribution in [1.82, 2.24) is 0 Å². The summed E-state index contributed by atoms with van der Waals surface area (Å²) in [5, 5.41) is 0. The van der Waals surface area contributed by atoms with Crippen molar-refractivity contribution in [2.24, 2.45) is 15.3 Å². The highest BCUT2D eigenvalue weighted by Crippen LogP contribution is 2.32. The number of hydrogen-bond donors (Lipinski definition) is 0. The molecule has 0 fully saturated rings. The van der Waals surface area contributed by atoms with E-state index in [1.54, 1.807) is 18.3 Å². The molecule has 0 aliphatic carbocycles. The Bertz CT molecular complexity index is 174. The fourth-order valence-corrected chi connectivity index (χ4v) is 1.27. The fourth-order valence-electron chi connectivity index (χ4n) is 0.624. The second-order valence-corrected chi connectivity index (χ2v) is 4.20. The summed E-state index contributed by atoms with van der Waals surface area (Å²) in [6.07, 6.45) is 3.56. The van der Waals surface area contributed by atoms with E-state index < -0.39 is 0 Å². The van der Waals surface area contributed by atoms with Crippen LogP contribution in [0.5, 0.6) is 0 Å². The molecule has 0 spiro atoms. The molecule has 1 atom stereocenters. The Labute approximate surface area is 66.0 Å². The maximum Gasteiger partial charge on any atom is 0.123 e. The Morgan fingerprint density at radius 3 is 2.50 bits per heavy atom. The zero-order valence-corrected chi connectivity index (χ0v) is 7.35. The van der Waals surface area contributed by atoms with Crippen molar-refractivity contribution in [2.75, 3.05) is 0 Å². The van der Waals surface area contributed by atoms with Crippen molar-refractivity contribution in [1.29, 1.82) is 0 Å². The molecular weight excluding hydrogens is 144 g/mol. The van der Waals surface area contributed by atoms with Crippen molar-refractivity contribution < 1.29 is 0 Å². The second kappa shape index (κ2) is 2.74. The Balaban J connectivity index is 2.70. The Morgan fingerprint density at radius 2 is 2.20 bits per heavy atom. The van der Waals surface area contributed by atoms with E-state index in [4.69, 9.17) is 0 Å². The van der Waals surface area contributed by atoms with Crippen LogP contribution in [0.25, 0.3) is 0 Å². The second-order valence-electron chi connectivity index (χ2n) is 2.93. The van der Waals surface area contributed by atoms with Crippen LogP contribution in [0.2, 0.25) is 0 Å². The zero-order chi connectivity index (χ0) is 7.61. The third-order valence-electron chi connectivity index (χ3n) is 1.84. The van der Waals surface area contributed by atoms with Gasteiger partial charge in [0, 0.05) is 6.21 Å². The van der Waals surface area contributed by atoms with Gasteiger partial charge in [0.15, 0.2) is 0 Å². The van der Waals surface area contributed by atoms with E-state index in [1.165, 1.54) is 0 Å². The Morgan fingerprint density at radius 1 is 1.50 bits per heavy atom. The topological polar surface area (TPSA) is 24.7 Å². The molecule has 0 aromatic rings. The summed E-state index contributed by atoms with van der Waals surface area (Å²) in [6, 6.07) is 0. The minimum atomic E-state index is 0.106. The van der Waals surface area contributed by atoms with E-state index in [2.05, 4.69) is 30.2 Å². The molecule has 3 heteroatoms. The molecule has 0 saturated carbocycles. The van der Waals surface area contributed by atoms with E-state index in [-0.39, 0.29) is 4.75 Å². The van der Waals surface area contributed by atoms with Crippen LogP contribution in [-0.2, 0) is 0 Å². The van der Waals surface area contributed by atoms with Crippen LogP contribution in [0.1, 0.15) is 20.8 Å². The molecule has 1 aliphatic heterocycles. The van der Waals surface area contributed by atoms with Gasteiger partial charge in [0.05, 0.1) is 4.75 Å². The molecule has 0 saturated heterocycles. The lowest BCUT2D eigenvalue weighted by Crippen LogP contribution is -2.29. The lowest BCUT2D eigenvalue weighted by Gasteiger charge is -2.27. The number of hydrogen-bond acceptors (Lipinski definition) is 3. The SMILES string of the molecule is CC(C)C1(C)C=NC=NS1. The van der Waals surface area contributed by atoms with Crippen molar-refractivity contribution in [3.8, 4) is 0 Å². The van der Waals surface area contributed by atoms with Crippen molar-refractivity contribution >= 4 is 24.5 Å². The van der Waals surface area contributed by atoms with Gasteiger partial charge in [0.1, 0.15) is 6.34 Å². The first-order valence-corrected chi connectivity index (χ1v) is 4.17. The molecular formula is C7H12N2S. The van der Waals surface area contributed by atoms with E-state index in [1.807, 2.05) is 6.21 Å². The van der Waals surface area contributed by atoms with Gasteiger partial charge in [0.2, 0.25) is 0 Å². The highest BCUT2D eigenvalue weighted by molar-refractivity contribution is 8.00. The molecule has 0 N–H and O–H groups in total. The molecule has 56 valence electrons. The van der Waals surface area contributed by atoms with Crippen LogP contribution >= 0.6 is 11.9 Å². The van der Waals surface area contributed by atoms with Gasteiger partial charge in [0.25, 0.3) is 0 Å². The molecule has 10 heavy (non-hydrogen) atoms. The van der Waals surface area contributed by atoms with Gasteiger partial charge in [-0.3, -0.25) is 0 Å². The van der Waals surface area contributed by atoms with Gasteiger partial charge in [-0.25, -0.2) is 9.39 Å². The van der Waals surface area contributed by atoms with Crippen LogP contribution in [0.15, 0.2) is 9.39 Å². The third kappa shape index (κ3) is 1.40. The number of aliphatic imine (C=N–C) groups is 1. The van der Waals surface area contributed by atoms with Crippen molar-refractivity contribution in [3.63, 3.8) is 0 Å². The molecule has 1 heterocycles. The van der Waals surface area contributed by atoms with Crippen molar-refractivity contribution in [2.45, 2.75) is 25.5 Å². The first-order valence-electron chi connectivity index (χ1n) is 3.39. The lowest BCUT2D eigenvalue weighted by atomic mass is 9.98. The molecule has 0 aromatic carbocycles. The largest absolute Gasteiger partial charge is 0.247 e. The molecule has 2 nitrogen and oxygen atoms in total. The third-order valence-corrected chi connectivity index (χ3v) is 3.01. The summed E-state index contributed by atoms with van der Waals surface area (Å²) in [4.78, 5) is 4.01. The first-order chi connectivity index (χ1) is 4.65.